The van der Waals surface area contributed by atoms with Crippen LogP contribution < -0.4 is 0 Å². The average molecular weight is 439 g/mol. The normalized spacial score (nSPS) is 11.4. The van der Waals surface area contributed by atoms with Crippen LogP contribution in [0.1, 0.15) is 16.6 Å². The van der Waals surface area contributed by atoms with Gasteiger partial charge in [-0.2, -0.15) is 0 Å². The molecule has 0 aliphatic rings. The second-order valence-electron chi connectivity index (χ2n) is 7.47. The summed E-state index contributed by atoms with van der Waals surface area (Å²) in [6.45, 7) is 4.07. The molecular formula is C23H23FN4O2S. The van der Waals surface area contributed by atoms with Gasteiger partial charge in [0.15, 0.2) is 5.58 Å². The largest absolute Gasteiger partial charge is 0.356 e. The molecule has 0 unspecified atom stereocenters. The number of carbonyl (C=O) groups is 1. The van der Waals surface area contributed by atoms with Gasteiger partial charge in [-0.25, -0.2) is 9.37 Å². The molecule has 0 saturated heterocycles. The number of benzene rings is 2. The molecule has 2 aromatic heterocycles. The summed E-state index contributed by atoms with van der Waals surface area (Å²) in [5.41, 5.74) is 3.02. The number of rotatable bonds is 7. The van der Waals surface area contributed by atoms with Gasteiger partial charge in [0.25, 0.3) is 5.91 Å². The number of nitrogens with zero attached hydrogens (tertiary/aromatic N) is 4. The Morgan fingerprint density at radius 1 is 1.10 bits per heavy atom. The van der Waals surface area contributed by atoms with Crippen molar-refractivity contribution in [2.45, 2.75) is 6.92 Å². The van der Waals surface area contributed by atoms with Gasteiger partial charge in [0.05, 0.1) is 11.6 Å². The fourth-order valence-corrected chi connectivity index (χ4v) is 4.16. The third-order valence-electron chi connectivity index (χ3n) is 5.05. The fourth-order valence-electron chi connectivity index (χ4n) is 3.28. The van der Waals surface area contributed by atoms with Gasteiger partial charge in [0.2, 0.25) is 0 Å². The monoisotopic (exact) mass is 438 g/mol. The van der Waals surface area contributed by atoms with Gasteiger partial charge < -0.3 is 14.3 Å². The number of halogens is 1. The van der Waals surface area contributed by atoms with E-state index in [1.165, 1.54) is 23.5 Å². The summed E-state index contributed by atoms with van der Waals surface area (Å²) < 4.78 is 18.7. The molecule has 4 rings (SSSR count). The van der Waals surface area contributed by atoms with Gasteiger partial charge in [0.1, 0.15) is 21.4 Å². The number of hydrogen-bond acceptors (Lipinski definition) is 6. The Morgan fingerprint density at radius 3 is 2.55 bits per heavy atom. The van der Waals surface area contributed by atoms with E-state index >= 15 is 0 Å². The van der Waals surface area contributed by atoms with Crippen molar-refractivity contribution in [3.63, 3.8) is 0 Å². The molecule has 1 amide bonds. The van der Waals surface area contributed by atoms with E-state index in [1.54, 1.807) is 18.3 Å². The molecule has 0 bridgehead atoms. The van der Waals surface area contributed by atoms with Crippen molar-refractivity contribution in [3.8, 4) is 21.8 Å². The second kappa shape index (κ2) is 8.95. The molecule has 0 radical (unpaired) electrons. The Balaban J connectivity index is 1.59. The summed E-state index contributed by atoms with van der Waals surface area (Å²) in [4.78, 5) is 21.7. The maximum Gasteiger partial charge on any atom is 0.265 e. The van der Waals surface area contributed by atoms with Crippen LogP contribution in [0.3, 0.4) is 0 Å². The van der Waals surface area contributed by atoms with Gasteiger partial charge >= 0.3 is 0 Å². The third kappa shape index (κ3) is 4.50. The zero-order valence-corrected chi connectivity index (χ0v) is 18.4. The summed E-state index contributed by atoms with van der Waals surface area (Å²) >= 11 is 1.31. The molecule has 2 aromatic carbocycles. The lowest BCUT2D eigenvalue weighted by molar-refractivity contribution is 0.0759. The highest BCUT2D eigenvalue weighted by atomic mass is 32.1. The second-order valence-corrected chi connectivity index (χ2v) is 8.50. The van der Waals surface area contributed by atoms with Gasteiger partial charge in [-0.3, -0.25) is 4.79 Å². The van der Waals surface area contributed by atoms with Gasteiger partial charge in [0, 0.05) is 19.6 Å². The molecule has 0 aliphatic heterocycles. The van der Waals surface area contributed by atoms with Crippen LogP contribution >= 0.6 is 11.3 Å². The first-order valence-electron chi connectivity index (χ1n) is 10.0. The number of fused-ring (bicyclic) bond motifs is 1. The lowest BCUT2D eigenvalue weighted by atomic mass is 10.0. The van der Waals surface area contributed by atoms with E-state index in [0.29, 0.717) is 34.3 Å². The standard InChI is InChI=1S/C23H23FN4O2S/c1-4-28(12-11-27(2)3)23(29)20-14-25-22(31-20)21-18-10-7-16(13-19(18)30-26-21)15-5-8-17(24)9-6-15/h5-10,13-14H,4,11-12H2,1-3H3. The summed E-state index contributed by atoms with van der Waals surface area (Å²) in [6.07, 6.45) is 1.61. The van der Waals surface area contributed by atoms with Crippen molar-refractivity contribution in [2.24, 2.45) is 0 Å². The molecule has 0 saturated carbocycles. The minimum atomic E-state index is -0.274. The van der Waals surface area contributed by atoms with E-state index in [2.05, 4.69) is 15.0 Å². The van der Waals surface area contributed by atoms with Crippen molar-refractivity contribution in [3.05, 3.63) is 59.4 Å². The third-order valence-corrected chi connectivity index (χ3v) is 6.05. The Bertz CT molecular complexity index is 1200. The molecule has 4 aromatic rings. The molecule has 160 valence electrons. The van der Waals surface area contributed by atoms with E-state index in [4.69, 9.17) is 4.52 Å². The number of amides is 1. The molecule has 0 N–H and O–H groups in total. The van der Waals surface area contributed by atoms with Crippen molar-refractivity contribution in [1.29, 1.82) is 0 Å². The minimum absolute atomic E-state index is 0.0282. The predicted octanol–water partition coefficient (Wildman–Crippen LogP) is 4.78. The van der Waals surface area contributed by atoms with Crippen molar-refractivity contribution in [1.82, 2.24) is 19.9 Å². The summed E-state index contributed by atoms with van der Waals surface area (Å²) in [6, 6.07) is 12.0. The Morgan fingerprint density at radius 2 is 1.84 bits per heavy atom. The number of aromatic nitrogens is 2. The van der Waals surface area contributed by atoms with Crippen LogP contribution in [-0.4, -0.2) is 59.6 Å². The van der Waals surface area contributed by atoms with Crippen LogP contribution in [0.2, 0.25) is 0 Å². The van der Waals surface area contributed by atoms with Gasteiger partial charge in [-0.1, -0.05) is 23.4 Å². The zero-order chi connectivity index (χ0) is 22.0. The highest BCUT2D eigenvalue weighted by Gasteiger charge is 2.20. The van der Waals surface area contributed by atoms with Crippen molar-refractivity contribution in [2.75, 3.05) is 33.7 Å². The average Bonchev–Trinajstić information content (AvgIpc) is 3.41. The molecule has 6 nitrogen and oxygen atoms in total. The quantitative estimate of drug-likeness (QED) is 0.416. The molecular weight excluding hydrogens is 415 g/mol. The number of thiazole rings is 1. The van der Waals surface area contributed by atoms with E-state index in [1.807, 2.05) is 44.1 Å². The first kappa shape index (κ1) is 21.1. The molecule has 0 aliphatic carbocycles. The van der Waals surface area contributed by atoms with Crippen LogP contribution in [0.4, 0.5) is 4.39 Å². The van der Waals surface area contributed by atoms with E-state index in [-0.39, 0.29) is 11.7 Å². The molecule has 31 heavy (non-hydrogen) atoms. The summed E-state index contributed by atoms with van der Waals surface area (Å²) in [7, 11) is 3.97. The number of carbonyl (C=O) groups excluding carboxylic acids is 1. The van der Waals surface area contributed by atoms with Crippen LogP contribution in [0.25, 0.3) is 32.8 Å². The first-order chi connectivity index (χ1) is 15.0. The van der Waals surface area contributed by atoms with Crippen LogP contribution in [0, 0.1) is 5.82 Å². The number of likely N-dealkylation sites (N-methyl/N-ethyl adjacent to an activating group) is 2. The molecule has 0 spiro atoms. The Kier molecular flexibility index (Phi) is 6.11. The van der Waals surface area contributed by atoms with Gasteiger partial charge in [-0.05, 0) is 56.4 Å². The lowest BCUT2D eigenvalue weighted by Crippen LogP contribution is -2.36. The minimum Gasteiger partial charge on any atom is -0.356 e. The highest BCUT2D eigenvalue weighted by Crippen LogP contribution is 2.33. The van der Waals surface area contributed by atoms with E-state index in [9.17, 15) is 9.18 Å². The molecule has 2 heterocycles. The van der Waals surface area contributed by atoms with E-state index < -0.39 is 0 Å². The van der Waals surface area contributed by atoms with Crippen LogP contribution in [-0.2, 0) is 0 Å². The maximum absolute atomic E-state index is 13.2. The lowest BCUT2D eigenvalue weighted by Gasteiger charge is -2.21. The fraction of sp³-hybridized carbons (Fsp3) is 0.261. The topological polar surface area (TPSA) is 62.5 Å². The van der Waals surface area contributed by atoms with E-state index in [0.717, 1.165) is 23.1 Å². The van der Waals surface area contributed by atoms with Crippen molar-refractivity contribution >= 4 is 28.2 Å². The maximum atomic E-state index is 13.2. The Hall–Kier alpha value is -3.10. The SMILES string of the molecule is CCN(CCN(C)C)C(=O)c1cnc(-c2noc3cc(-c4ccc(F)cc4)ccc23)s1. The Labute approximate surface area is 183 Å². The number of hydrogen-bond donors (Lipinski definition) is 0. The molecule has 0 atom stereocenters. The van der Waals surface area contributed by atoms with Gasteiger partial charge in [-0.15, -0.1) is 11.3 Å². The summed E-state index contributed by atoms with van der Waals surface area (Å²) in [5, 5.41) is 5.65. The zero-order valence-electron chi connectivity index (χ0n) is 17.6. The van der Waals surface area contributed by atoms with Crippen LogP contribution in [0.15, 0.2) is 53.2 Å². The first-order valence-corrected chi connectivity index (χ1v) is 10.8. The molecule has 0 fully saturated rings. The predicted molar refractivity (Wildman–Crippen MR) is 121 cm³/mol. The summed E-state index contributed by atoms with van der Waals surface area (Å²) in [5.74, 6) is -0.302. The highest BCUT2D eigenvalue weighted by molar-refractivity contribution is 7.17. The van der Waals surface area contributed by atoms with Crippen molar-refractivity contribution < 1.29 is 13.7 Å². The smallest absolute Gasteiger partial charge is 0.265 e. The van der Waals surface area contributed by atoms with Crippen LogP contribution in [0.5, 0.6) is 0 Å². The molecule has 8 heteroatoms.